The van der Waals surface area contributed by atoms with E-state index in [1.165, 1.54) is 0 Å². The maximum Gasteiger partial charge on any atom is 0.523 e. The maximum absolute atomic E-state index is 11.7. The van der Waals surface area contributed by atoms with Crippen LogP contribution in [0.15, 0.2) is 0 Å². The molecule has 0 radical (unpaired) electrons. The third-order valence-electron chi connectivity index (χ3n) is 1.05. The molecule has 0 aliphatic heterocycles. The van der Waals surface area contributed by atoms with Crippen LogP contribution in [-0.4, -0.2) is 18.1 Å². The van der Waals surface area contributed by atoms with Crippen LogP contribution in [0.1, 0.15) is 13.8 Å². The zero-order chi connectivity index (χ0) is 10.2. The molecule has 0 aromatic rings. The second-order valence-corrected chi connectivity index (χ2v) is 2.56. The summed E-state index contributed by atoms with van der Waals surface area (Å²) in [5, 5.41) is 0. The van der Waals surface area contributed by atoms with Gasteiger partial charge in [0.2, 0.25) is 0 Å². The van der Waals surface area contributed by atoms with Crippen molar-refractivity contribution in [1.82, 2.24) is 0 Å². The van der Waals surface area contributed by atoms with Crippen LogP contribution in [0.2, 0.25) is 0 Å². The maximum atomic E-state index is 11.7. The van der Waals surface area contributed by atoms with Crippen LogP contribution in [0.5, 0.6) is 0 Å². The fourth-order valence-electron chi connectivity index (χ4n) is 0.347. The highest BCUT2D eigenvalue weighted by molar-refractivity contribution is 4.78. The Morgan fingerprint density at radius 1 is 0.833 bits per heavy atom. The van der Waals surface area contributed by atoms with Gasteiger partial charge < -0.3 is 0 Å². The number of alkyl halides is 6. The molecule has 1 nitrogen and oxygen atoms in total. The molecule has 12 heavy (non-hydrogen) atoms. The summed E-state index contributed by atoms with van der Waals surface area (Å²) >= 11 is 0. The fraction of sp³-hybridized carbons (Fsp3) is 1.00. The van der Waals surface area contributed by atoms with Gasteiger partial charge in [0.1, 0.15) is 0 Å². The number of halogens is 6. The van der Waals surface area contributed by atoms with Crippen LogP contribution in [-0.2, 0) is 4.74 Å². The molecule has 0 aliphatic rings. The molecule has 0 unspecified atom stereocenters. The summed E-state index contributed by atoms with van der Waals surface area (Å²) in [5.41, 5.74) is -3.20. The molecule has 7 heteroatoms. The molecule has 0 fully saturated rings. The largest absolute Gasteiger partial charge is 0.523 e. The summed E-state index contributed by atoms with van der Waals surface area (Å²) in [6.45, 7) is 0.612. The predicted molar refractivity (Wildman–Crippen MR) is 27.3 cm³/mol. The first-order valence-electron chi connectivity index (χ1n) is 2.79. The van der Waals surface area contributed by atoms with E-state index in [1.54, 1.807) is 0 Å². The minimum Gasteiger partial charge on any atom is -0.276 e. The summed E-state index contributed by atoms with van der Waals surface area (Å²) in [6, 6.07) is 0. The molecule has 0 aromatic heterocycles. The molecule has 0 amide bonds. The van der Waals surface area contributed by atoms with Crippen LogP contribution in [0, 0.1) is 0 Å². The van der Waals surface area contributed by atoms with Gasteiger partial charge in [0, 0.05) is 0 Å². The van der Waals surface area contributed by atoms with E-state index < -0.39 is 18.1 Å². The van der Waals surface area contributed by atoms with E-state index in [0.717, 1.165) is 0 Å². The smallest absolute Gasteiger partial charge is 0.276 e. The highest BCUT2D eigenvalue weighted by Gasteiger charge is 2.54. The van der Waals surface area contributed by atoms with Gasteiger partial charge in [-0.25, -0.2) is 0 Å². The second kappa shape index (κ2) is 2.79. The number of rotatable bonds is 1. The molecular weight excluding hydrogens is 190 g/mol. The molecular formula is C5H6F6O. The zero-order valence-corrected chi connectivity index (χ0v) is 6.18. The second-order valence-electron chi connectivity index (χ2n) is 2.56. The van der Waals surface area contributed by atoms with Gasteiger partial charge in [0.15, 0.2) is 5.60 Å². The van der Waals surface area contributed by atoms with Crippen molar-refractivity contribution >= 4 is 0 Å². The highest BCUT2D eigenvalue weighted by Crippen LogP contribution is 2.37. The minimum atomic E-state index is -5.28. The first-order valence-corrected chi connectivity index (χ1v) is 2.79. The molecule has 0 N–H and O–H groups in total. The third kappa shape index (κ3) is 3.29. The van der Waals surface area contributed by atoms with E-state index in [4.69, 9.17) is 0 Å². The SMILES string of the molecule is CC(C)(OC(F)(F)F)C(F)(F)F. The van der Waals surface area contributed by atoms with E-state index in [0.29, 0.717) is 13.8 Å². The van der Waals surface area contributed by atoms with Crippen molar-refractivity contribution in [3.8, 4) is 0 Å². The molecule has 0 saturated heterocycles. The zero-order valence-electron chi connectivity index (χ0n) is 6.18. The Morgan fingerprint density at radius 3 is 1.25 bits per heavy atom. The summed E-state index contributed by atoms with van der Waals surface area (Å²) in [7, 11) is 0. The topological polar surface area (TPSA) is 9.23 Å². The number of hydrogen-bond acceptors (Lipinski definition) is 1. The molecule has 0 aromatic carbocycles. The molecule has 0 aliphatic carbocycles. The Labute approximate surface area is 64.3 Å². The quantitative estimate of drug-likeness (QED) is 0.586. The third-order valence-corrected chi connectivity index (χ3v) is 1.05. The van der Waals surface area contributed by atoms with Gasteiger partial charge >= 0.3 is 12.5 Å². The lowest BCUT2D eigenvalue weighted by molar-refractivity contribution is -0.406. The molecule has 0 rings (SSSR count). The predicted octanol–water partition coefficient (Wildman–Crippen LogP) is 2.86. The summed E-state index contributed by atoms with van der Waals surface area (Å²) in [6.07, 6.45) is -10.3. The van der Waals surface area contributed by atoms with Crippen LogP contribution in [0.3, 0.4) is 0 Å². The molecule has 0 spiro atoms. The Bertz CT molecular complexity index is 154. The van der Waals surface area contributed by atoms with Crippen molar-refractivity contribution in [1.29, 1.82) is 0 Å². The van der Waals surface area contributed by atoms with Crippen molar-refractivity contribution in [2.45, 2.75) is 32.0 Å². The van der Waals surface area contributed by atoms with E-state index in [-0.39, 0.29) is 0 Å². The summed E-state index contributed by atoms with van der Waals surface area (Å²) < 4.78 is 72.2. The van der Waals surface area contributed by atoms with Crippen LogP contribution in [0.4, 0.5) is 26.3 Å². The first-order chi connectivity index (χ1) is 4.96. The summed E-state index contributed by atoms with van der Waals surface area (Å²) in [5.74, 6) is 0. The Kier molecular flexibility index (Phi) is 2.68. The van der Waals surface area contributed by atoms with E-state index >= 15 is 0 Å². The lowest BCUT2D eigenvalue weighted by atomic mass is 10.1. The lowest BCUT2D eigenvalue weighted by Gasteiger charge is -2.28. The Balaban J connectivity index is 4.44. The number of ether oxygens (including phenoxy) is 1. The molecule has 74 valence electrons. The van der Waals surface area contributed by atoms with E-state index in [9.17, 15) is 26.3 Å². The molecule has 0 bridgehead atoms. The van der Waals surface area contributed by atoms with Gasteiger partial charge in [-0.05, 0) is 13.8 Å². The lowest BCUT2D eigenvalue weighted by Crippen LogP contribution is -2.45. The van der Waals surface area contributed by atoms with Gasteiger partial charge in [-0.2, -0.15) is 13.2 Å². The van der Waals surface area contributed by atoms with Crippen molar-refractivity contribution in [2.75, 3.05) is 0 Å². The average Bonchev–Trinajstić information content (AvgIpc) is 1.52. The monoisotopic (exact) mass is 196 g/mol. The first kappa shape index (κ1) is 11.5. The average molecular weight is 196 g/mol. The summed E-state index contributed by atoms with van der Waals surface area (Å²) in [4.78, 5) is 0. The molecule has 0 atom stereocenters. The van der Waals surface area contributed by atoms with E-state index in [2.05, 4.69) is 4.74 Å². The van der Waals surface area contributed by atoms with Gasteiger partial charge in [-0.1, -0.05) is 0 Å². The van der Waals surface area contributed by atoms with Gasteiger partial charge in [0.05, 0.1) is 0 Å². The van der Waals surface area contributed by atoms with Crippen molar-refractivity contribution in [3.63, 3.8) is 0 Å². The van der Waals surface area contributed by atoms with Gasteiger partial charge in [-0.15, -0.1) is 13.2 Å². The minimum absolute atomic E-state index is 0.306. The fourth-order valence-corrected chi connectivity index (χ4v) is 0.347. The van der Waals surface area contributed by atoms with Crippen LogP contribution < -0.4 is 0 Å². The number of hydrogen-bond donors (Lipinski definition) is 0. The standard InChI is InChI=1S/C5H6F6O/c1-3(2,4(6,7)8)12-5(9,10)11/h1-2H3. The van der Waals surface area contributed by atoms with Crippen LogP contribution >= 0.6 is 0 Å². The molecule has 0 saturated carbocycles. The van der Waals surface area contributed by atoms with Gasteiger partial charge in [-0.3, -0.25) is 4.74 Å². The van der Waals surface area contributed by atoms with Crippen molar-refractivity contribution in [2.24, 2.45) is 0 Å². The highest BCUT2D eigenvalue weighted by atomic mass is 19.4. The Hall–Kier alpha value is -0.460. The van der Waals surface area contributed by atoms with Crippen molar-refractivity contribution < 1.29 is 31.1 Å². The Morgan fingerprint density at radius 2 is 1.17 bits per heavy atom. The van der Waals surface area contributed by atoms with Crippen LogP contribution in [0.25, 0.3) is 0 Å². The van der Waals surface area contributed by atoms with E-state index in [1.807, 2.05) is 0 Å². The van der Waals surface area contributed by atoms with Crippen molar-refractivity contribution in [3.05, 3.63) is 0 Å². The van der Waals surface area contributed by atoms with Gasteiger partial charge in [0.25, 0.3) is 0 Å². The molecule has 0 heterocycles. The normalized spacial score (nSPS) is 15.0.